The number of aryl methyl sites for hydroxylation is 1. The third kappa shape index (κ3) is 3.67. The molecule has 2 nitrogen and oxygen atoms in total. The molecule has 2 aliphatic rings. The quantitative estimate of drug-likeness (QED) is 0.852. The summed E-state index contributed by atoms with van der Waals surface area (Å²) in [6.45, 7) is 4.27. The molecule has 0 amide bonds. The molecule has 1 aliphatic heterocycles. The molecule has 3 rings (SSSR count). The normalized spacial score (nSPS) is 26.5. The van der Waals surface area contributed by atoms with Crippen molar-refractivity contribution in [1.29, 1.82) is 0 Å². The van der Waals surface area contributed by atoms with E-state index in [0.29, 0.717) is 18.1 Å². The average molecular weight is 287 g/mol. The number of hydrogen-bond acceptors (Lipinski definition) is 2. The number of fused-ring (bicyclic) bond motifs is 1. The molecule has 1 aromatic rings. The molecular formula is C19H29NO. The third-order valence-corrected chi connectivity index (χ3v) is 5.19. The van der Waals surface area contributed by atoms with Gasteiger partial charge in [-0.2, -0.15) is 0 Å². The summed E-state index contributed by atoms with van der Waals surface area (Å²) in [5.41, 5.74) is 3.18. The van der Waals surface area contributed by atoms with Crippen LogP contribution >= 0.6 is 0 Å². The van der Waals surface area contributed by atoms with Crippen LogP contribution in [0.5, 0.6) is 0 Å². The second-order valence-electron chi connectivity index (χ2n) is 6.57. The Hall–Kier alpha value is -0.860. The van der Waals surface area contributed by atoms with E-state index in [1.807, 2.05) is 0 Å². The van der Waals surface area contributed by atoms with E-state index >= 15 is 0 Å². The monoisotopic (exact) mass is 287 g/mol. The Kier molecular flexibility index (Phi) is 5.32. The summed E-state index contributed by atoms with van der Waals surface area (Å²) in [5.74, 6) is 0.691. The first-order valence-corrected chi connectivity index (χ1v) is 8.81. The van der Waals surface area contributed by atoms with Gasteiger partial charge in [-0.05, 0) is 68.5 Å². The van der Waals surface area contributed by atoms with Crippen LogP contribution in [-0.2, 0) is 11.2 Å². The second kappa shape index (κ2) is 7.42. The second-order valence-corrected chi connectivity index (χ2v) is 6.57. The van der Waals surface area contributed by atoms with Crippen LogP contribution in [0, 0.1) is 0 Å². The highest BCUT2D eigenvalue weighted by molar-refractivity contribution is 5.33. The molecule has 0 aromatic heterocycles. The summed E-state index contributed by atoms with van der Waals surface area (Å²) in [6, 6.07) is 9.69. The van der Waals surface area contributed by atoms with Crippen molar-refractivity contribution in [2.24, 2.45) is 0 Å². The van der Waals surface area contributed by atoms with Crippen molar-refractivity contribution in [3.63, 3.8) is 0 Å². The van der Waals surface area contributed by atoms with Gasteiger partial charge in [-0.3, -0.25) is 0 Å². The Morgan fingerprint density at radius 3 is 2.95 bits per heavy atom. The number of likely N-dealkylation sites (N-methyl/N-ethyl adjacent to an activating group) is 1. The SMILES string of the molecule is CCNC(CCC1CCCO1)C1CCCc2ccccc21. The average Bonchev–Trinajstić information content (AvgIpc) is 3.04. The number of nitrogens with one attached hydrogen (secondary N) is 1. The van der Waals surface area contributed by atoms with E-state index in [9.17, 15) is 0 Å². The van der Waals surface area contributed by atoms with Gasteiger partial charge in [0.1, 0.15) is 0 Å². The molecule has 1 fully saturated rings. The number of benzene rings is 1. The van der Waals surface area contributed by atoms with Crippen molar-refractivity contribution in [3.05, 3.63) is 35.4 Å². The lowest BCUT2D eigenvalue weighted by Crippen LogP contribution is -2.37. The summed E-state index contributed by atoms with van der Waals surface area (Å²) in [7, 11) is 0. The van der Waals surface area contributed by atoms with Crippen LogP contribution in [0.3, 0.4) is 0 Å². The van der Waals surface area contributed by atoms with E-state index in [0.717, 1.165) is 13.2 Å². The molecule has 2 heteroatoms. The summed E-state index contributed by atoms with van der Waals surface area (Å²) in [6.07, 6.45) is 9.43. The Morgan fingerprint density at radius 1 is 1.24 bits per heavy atom. The van der Waals surface area contributed by atoms with E-state index in [4.69, 9.17) is 4.74 Å². The van der Waals surface area contributed by atoms with Crippen LogP contribution in [0.4, 0.5) is 0 Å². The molecule has 1 aliphatic carbocycles. The maximum Gasteiger partial charge on any atom is 0.0576 e. The van der Waals surface area contributed by atoms with Crippen molar-refractivity contribution in [2.45, 2.75) is 69.9 Å². The standard InChI is InChI=1S/C19H29NO/c1-2-20-19(13-12-16-9-6-14-21-16)18-11-5-8-15-7-3-4-10-17(15)18/h3-4,7,10,16,18-20H,2,5-6,8-9,11-14H2,1H3. The van der Waals surface area contributed by atoms with Gasteiger partial charge in [-0.15, -0.1) is 0 Å². The van der Waals surface area contributed by atoms with Gasteiger partial charge in [-0.1, -0.05) is 31.2 Å². The predicted octanol–water partition coefficient (Wildman–Crippen LogP) is 4.04. The van der Waals surface area contributed by atoms with E-state index in [2.05, 4.69) is 36.5 Å². The molecule has 21 heavy (non-hydrogen) atoms. The van der Waals surface area contributed by atoms with Crippen LogP contribution < -0.4 is 5.32 Å². The van der Waals surface area contributed by atoms with Crippen LogP contribution in [0.2, 0.25) is 0 Å². The van der Waals surface area contributed by atoms with E-state index in [-0.39, 0.29) is 0 Å². The van der Waals surface area contributed by atoms with Crippen molar-refractivity contribution < 1.29 is 4.74 Å². The van der Waals surface area contributed by atoms with Crippen LogP contribution in [0.15, 0.2) is 24.3 Å². The van der Waals surface area contributed by atoms with Gasteiger partial charge in [0.25, 0.3) is 0 Å². The molecule has 0 spiro atoms. The molecule has 0 saturated carbocycles. The number of hydrogen-bond donors (Lipinski definition) is 1. The van der Waals surface area contributed by atoms with Crippen molar-refractivity contribution in [3.8, 4) is 0 Å². The van der Waals surface area contributed by atoms with Crippen molar-refractivity contribution in [1.82, 2.24) is 5.32 Å². The minimum atomic E-state index is 0.519. The number of rotatable bonds is 6. The fraction of sp³-hybridized carbons (Fsp3) is 0.684. The van der Waals surface area contributed by atoms with Gasteiger partial charge >= 0.3 is 0 Å². The Labute approximate surface area is 129 Å². The summed E-state index contributed by atoms with van der Waals surface area (Å²) < 4.78 is 5.81. The summed E-state index contributed by atoms with van der Waals surface area (Å²) in [5, 5.41) is 3.76. The lowest BCUT2D eigenvalue weighted by molar-refractivity contribution is 0.0983. The highest BCUT2D eigenvalue weighted by Gasteiger charge is 2.28. The Bertz CT molecular complexity index is 439. The fourth-order valence-electron chi connectivity index (χ4n) is 4.15. The third-order valence-electron chi connectivity index (χ3n) is 5.19. The highest BCUT2D eigenvalue weighted by atomic mass is 16.5. The predicted molar refractivity (Wildman–Crippen MR) is 87.8 cm³/mol. The van der Waals surface area contributed by atoms with Crippen LogP contribution in [0.25, 0.3) is 0 Å². The van der Waals surface area contributed by atoms with Gasteiger partial charge in [0.2, 0.25) is 0 Å². The maximum absolute atomic E-state index is 5.81. The molecule has 1 heterocycles. The van der Waals surface area contributed by atoms with Crippen LogP contribution in [0.1, 0.15) is 62.5 Å². The van der Waals surface area contributed by atoms with E-state index < -0.39 is 0 Å². The van der Waals surface area contributed by atoms with Gasteiger partial charge in [-0.25, -0.2) is 0 Å². The molecular weight excluding hydrogens is 258 g/mol. The topological polar surface area (TPSA) is 21.3 Å². The molecule has 1 saturated heterocycles. The molecule has 0 bridgehead atoms. The minimum absolute atomic E-state index is 0.519. The first-order valence-electron chi connectivity index (χ1n) is 8.81. The zero-order valence-electron chi connectivity index (χ0n) is 13.3. The zero-order chi connectivity index (χ0) is 14.5. The number of ether oxygens (including phenoxy) is 1. The lowest BCUT2D eigenvalue weighted by Gasteiger charge is -2.33. The Morgan fingerprint density at radius 2 is 2.14 bits per heavy atom. The van der Waals surface area contributed by atoms with E-state index in [1.165, 1.54) is 44.9 Å². The maximum atomic E-state index is 5.81. The highest BCUT2D eigenvalue weighted by Crippen LogP contribution is 2.35. The summed E-state index contributed by atoms with van der Waals surface area (Å²) >= 11 is 0. The van der Waals surface area contributed by atoms with Gasteiger partial charge in [0.15, 0.2) is 0 Å². The molecule has 0 radical (unpaired) electrons. The van der Waals surface area contributed by atoms with Gasteiger partial charge in [0, 0.05) is 12.6 Å². The van der Waals surface area contributed by atoms with Crippen molar-refractivity contribution in [2.75, 3.05) is 13.2 Å². The molecule has 1 aromatic carbocycles. The molecule has 1 N–H and O–H groups in total. The van der Waals surface area contributed by atoms with E-state index in [1.54, 1.807) is 11.1 Å². The Balaban J connectivity index is 1.68. The lowest BCUT2D eigenvalue weighted by atomic mass is 9.77. The minimum Gasteiger partial charge on any atom is -0.378 e. The van der Waals surface area contributed by atoms with Crippen molar-refractivity contribution >= 4 is 0 Å². The smallest absolute Gasteiger partial charge is 0.0576 e. The summed E-state index contributed by atoms with van der Waals surface area (Å²) in [4.78, 5) is 0. The first kappa shape index (κ1) is 15.1. The molecule has 3 unspecified atom stereocenters. The zero-order valence-corrected chi connectivity index (χ0v) is 13.3. The first-order chi connectivity index (χ1) is 10.4. The van der Waals surface area contributed by atoms with Gasteiger partial charge < -0.3 is 10.1 Å². The van der Waals surface area contributed by atoms with Crippen LogP contribution in [-0.4, -0.2) is 25.3 Å². The molecule has 116 valence electrons. The fourth-order valence-corrected chi connectivity index (χ4v) is 4.15. The largest absolute Gasteiger partial charge is 0.378 e. The van der Waals surface area contributed by atoms with Gasteiger partial charge in [0.05, 0.1) is 6.10 Å². The molecule has 3 atom stereocenters.